The highest BCUT2D eigenvalue weighted by Crippen LogP contribution is 2.25. The van der Waals surface area contributed by atoms with Crippen molar-refractivity contribution in [3.05, 3.63) is 27.9 Å². The molecule has 0 saturated carbocycles. The molecule has 0 amide bonds. The monoisotopic (exact) mass is 285 g/mol. The Labute approximate surface area is 112 Å². The average molecular weight is 285 g/mol. The number of halogens is 3. The Morgan fingerprint density at radius 1 is 1.45 bits per heavy atom. The zero-order valence-electron chi connectivity index (χ0n) is 11.1. The van der Waals surface area contributed by atoms with Gasteiger partial charge < -0.3 is 4.57 Å². The van der Waals surface area contributed by atoms with Crippen LogP contribution in [0.5, 0.6) is 0 Å². The van der Waals surface area contributed by atoms with Gasteiger partial charge in [-0.3, -0.25) is 14.0 Å². The molecule has 0 unspecified atom stereocenters. The number of alkyl halides is 3. The molecule has 0 aliphatic rings. The quantitative estimate of drug-likeness (QED) is 0.710. The molecule has 0 saturated heterocycles. The highest BCUT2D eigenvalue weighted by molar-refractivity contribution is 6.32. The molecule has 2 aromatic rings. The van der Waals surface area contributed by atoms with E-state index in [1.165, 1.54) is 17.7 Å². The number of fused-ring (bicyclic) bond motifs is 1. The number of hydrogen-bond donors (Lipinski definition) is 0. The summed E-state index contributed by atoms with van der Waals surface area (Å²) in [6.07, 6.45) is -3.34. The van der Waals surface area contributed by atoms with Crippen molar-refractivity contribution in [1.29, 1.82) is 0 Å². The Morgan fingerprint density at radius 2 is 2.05 bits per heavy atom. The Morgan fingerprint density at radius 3 is 2.55 bits per heavy atom. The maximum absolute atomic E-state index is 12.9. The lowest BCUT2D eigenvalue weighted by Crippen LogP contribution is -2.38. The van der Waals surface area contributed by atoms with Crippen LogP contribution in [0.3, 0.4) is 0 Å². The number of aryl methyl sites for hydroxylation is 1. The van der Waals surface area contributed by atoms with E-state index in [0.29, 0.717) is 5.69 Å². The van der Waals surface area contributed by atoms with E-state index in [-0.39, 0.29) is 18.1 Å². The van der Waals surface area contributed by atoms with Crippen molar-refractivity contribution < 1.29 is 18.0 Å². The van der Waals surface area contributed by atoms with Crippen LogP contribution in [0.25, 0.3) is 5.78 Å². The first kappa shape index (κ1) is 14.4. The molecule has 106 valence electrons. The third-order valence-electron chi connectivity index (χ3n) is 2.95. The van der Waals surface area contributed by atoms with Crippen LogP contribution in [0, 0.1) is 6.92 Å². The van der Waals surface area contributed by atoms with Crippen LogP contribution in [0.2, 0.25) is 0 Å². The fourth-order valence-electron chi connectivity index (χ4n) is 2.03. The number of nitrogens with zero attached hydrogens (tertiary/aromatic N) is 3. The van der Waals surface area contributed by atoms with E-state index in [1.807, 2.05) is 0 Å². The molecule has 20 heavy (non-hydrogen) atoms. The van der Waals surface area contributed by atoms with Crippen LogP contribution in [-0.4, -0.2) is 27.6 Å². The number of carbonyl (C=O) groups is 1. The first-order chi connectivity index (χ1) is 9.12. The van der Waals surface area contributed by atoms with Crippen molar-refractivity contribution in [2.45, 2.75) is 26.6 Å². The first-order valence-electron chi connectivity index (χ1n) is 5.78. The number of hydrogen-bond acceptors (Lipinski definition) is 3. The molecule has 2 heterocycles. The summed E-state index contributed by atoms with van der Waals surface area (Å²) in [5, 5.41) is 0. The number of rotatable bonds is 2. The highest BCUT2D eigenvalue weighted by atomic mass is 19.4. The number of carbonyl (C=O) groups excluding carboxylic acids is 1. The predicted octanol–water partition coefficient (Wildman–Crippen LogP) is -0.329. The zero-order valence-corrected chi connectivity index (χ0v) is 11.1. The van der Waals surface area contributed by atoms with Gasteiger partial charge in [-0.2, -0.15) is 13.2 Å². The SMILES string of the molecule is Bc1c(C(F)(F)F)nc2n(CC(C)=O)c(C)cn2c1=O. The average Bonchev–Trinajstić information content (AvgIpc) is 2.59. The minimum absolute atomic E-state index is 0.130. The summed E-state index contributed by atoms with van der Waals surface area (Å²) in [4.78, 5) is 26.7. The Balaban J connectivity index is 2.86. The highest BCUT2D eigenvalue weighted by Gasteiger charge is 2.36. The molecule has 5 nitrogen and oxygen atoms in total. The van der Waals surface area contributed by atoms with Crippen LogP contribution in [-0.2, 0) is 17.5 Å². The van der Waals surface area contributed by atoms with Gasteiger partial charge in [0.1, 0.15) is 19.3 Å². The molecule has 0 aromatic carbocycles. The Bertz CT molecular complexity index is 761. The smallest absolute Gasteiger partial charge is 0.307 e. The summed E-state index contributed by atoms with van der Waals surface area (Å²) >= 11 is 0. The first-order valence-corrected chi connectivity index (χ1v) is 5.78. The van der Waals surface area contributed by atoms with Gasteiger partial charge in [0.25, 0.3) is 5.56 Å². The fraction of sp³-hybridized carbons (Fsp3) is 0.364. The third-order valence-corrected chi connectivity index (χ3v) is 2.95. The number of imidazole rings is 1. The van der Waals surface area contributed by atoms with Gasteiger partial charge in [-0.05, 0) is 13.8 Å². The second kappa shape index (κ2) is 4.50. The molecule has 9 heteroatoms. The molecular weight excluding hydrogens is 274 g/mol. The summed E-state index contributed by atoms with van der Waals surface area (Å²) in [5.41, 5.74) is -1.98. The largest absolute Gasteiger partial charge is 0.433 e. The van der Waals surface area contributed by atoms with Gasteiger partial charge >= 0.3 is 6.18 Å². The molecule has 0 atom stereocenters. The van der Waals surface area contributed by atoms with E-state index in [0.717, 1.165) is 12.2 Å². The van der Waals surface area contributed by atoms with E-state index in [2.05, 4.69) is 4.98 Å². The maximum Gasteiger partial charge on any atom is 0.433 e. The maximum atomic E-state index is 12.9. The lowest BCUT2D eigenvalue weighted by Gasteiger charge is -2.10. The Hall–Kier alpha value is -2.06. The van der Waals surface area contributed by atoms with Crippen molar-refractivity contribution >= 4 is 24.9 Å². The van der Waals surface area contributed by atoms with Crippen molar-refractivity contribution in [3.63, 3.8) is 0 Å². The molecule has 0 bridgehead atoms. The summed E-state index contributed by atoms with van der Waals surface area (Å²) < 4.78 is 40.9. The van der Waals surface area contributed by atoms with Gasteiger partial charge in [0.2, 0.25) is 5.78 Å². The topological polar surface area (TPSA) is 56.4 Å². The summed E-state index contributed by atoms with van der Waals surface area (Å²) in [6.45, 7) is 2.78. The molecule has 0 aliphatic heterocycles. The summed E-state index contributed by atoms with van der Waals surface area (Å²) in [7, 11) is 1.09. The molecule has 0 N–H and O–H groups in total. The standard InChI is InChI=1S/C11H11BF3N3O2/c1-5-3-18-9(20)7(12)8(11(13,14)15)16-10(18)17(5)4-6(2)19/h3H,4,12H2,1-2H3. The van der Waals surface area contributed by atoms with Gasteiger partial charge in [-0.25, -0.2) is 4.98 Å². The molecule has 2 aromatic heterocycles. The van der Waals surface area contributed by atoms with Crippen molar-refractivity contribution in [2.24, 2.45) is 0 Å². The molecule has 0 fully saturated rings. The minimum Gasteiger partial charge on any atom is -0.307 e. The third kappa shape index (κ3) is 2.23. The summed E-state index contributed by atoms with van der Waals surface area (Å²) in [6, 6.07) is 0. The Kier molecular flexibility index (Phi) is 3.23. The van der Waals surface area contributed by atoms with Crippen LogP contribution >= 0.6 is 0 Å². The second-order valence-corrected chi connectivity index (χ2v) is 4.62. The molecule has 0 aliphatic carbocycles. The van der Waals surface area contributed by atoms with Crippen LogP contribution < -0.4 is 11.0 Å². The fourth-order valence-corrected chi connectivity index (χ4v) is 2.03. The normalized spacial score (nSPS) is 12.1. The molecular formula is C11H11BF3N3O2. The molecule has 0 spiro atoms. The van der Waals surface area contributed by atoms with Gasteiger partial charge in [-0.1, -0.05) is 0 Å². The number of Topliss-reactive ketones (excluding diaryl/α,β-unsaturated/α-hetero) is 1. The lowest BCUT2D eigenvalue weighted by atomic mass is 9.95. The number of ketones is 1. The van der Waals surface area contributed by atoms with Gasteiger partial charge in [0.05, 0.1) is 6.54 Å². The molecule has 2 rings (SSSR count). The van der Waals surface area contributed by atoms with Crippen molar-refractivity contribution in [1.82, 2.24) is 14.0 Å². The van der Waals surface area contributed by atoms with Gasteiger partial charge in [0.15, 0.2) is 0 Å². The second-order valence-electron chi connectivity index (χ2n) is 4.62. The van der Waals surface area contributed by atoms with E-state index < -0.39 is 22.9 Å². The van der Waals surface area contributed by atoms with E-state index in [1.54, 1.807) is 6.92 Å². The van der Waals surface area contributed by atoms with E-state index in [9.17, 15) is 22.8 Å². The zero-order chi connectivity index (χ0) is 15.2. The predicted molar refractivity (Wildman–Crippen MR) is 68.1 cm³/mol. The van der Waals surface area contributed by atoms with Gasteiger partial charge in [0, 0.05) is 17.4 Å². The van der Waals surface area contributed by atoms with E-state index >= 15 is 0 Å². The minimum atomic E-state index is -4.71. The lowest BCUT2D eigenvalue weighted by molar-refractivity contribution is -0.140. The van der Waals surface area contributed by atoms with Crippen LogP contribution in [0.15, 0.2) is 11.0 Å². The van der Waals surface area contributed by atoms with E-state index in [4.69, 9.17) is 0 Å². The molecule has 0 radical (unpaired) electrons. The van der Waals surface area contributed by atoms with Crippen molar-refractivity contribution in [2.75, 3.05) is 0 Å². The van der Waals surface area contributed by atoms with Crippen LogP contribution in [0.1, 0.15) is 18.3 Å². The van der Waals surface area contributed by atoms with Crippen molar-refractivity contribution in [3.8, 4) is 0 Å². The van der Waals surface area contributed by atoms with Gasteiger partial charge in [-0.15, -0.1) is 0 Å². The van der Waals surface area contributed by atoms with Crippen LogP contribution in [0.4, 0.5) is 13.2 Å². The number of aromatic nitrogens is 3. The summed E-state index contributed by atoms with van der Waals surface area (Å²) in [5.74, 6) is -0.421.